The van der Waals surface area contributed by atoms with Crippen LogP contribution in [0.3, 0.4) is 0 Å². The summed E-state index contributed by atoms with van der Waals surface area (Å²) in [5.74, 6) is 0.875. The van der Waals surface area contributed by atoms with Crippen LogP contribution < -0.4 is 10.5 Å². The first-order chi connectivity index (χ1) is 8.69. The minimum Gasteiger partial charge on any atom is -0.489 e. The topological polar surface area (TPSA) is 55.6 Å². The van der Waals surface area contributed by atoms with E-state index in [4.69, 9.17) is 10.5 Å². The molecule has 18 heavy (non-hydrogen) atoms. The van der Waals surface area contributed by atoms with Gasteiger partial charge in [0.1, 0.15) is 11.9 Å². The number of likely N-dealkylation sites (tertiary alicyclic amines) is 1. The standard InChI is InChI=1S/C14H20N2O2/c1-11-4-6-12(7-5-11)18-13-3-2-8-16(10-13)14(17)9-15/h4-7,13H,2-3,8-10,15H2,1H3. The number of hydrogen-bond acceptors (Lipinski definition) is 3. The third kappa shape index (κ3) is 3.23. The molecule has 0 aliphatic carbocycles. The molecule has 0 radical (unpaired) electrons. The molecule has 0 saturated carbocycles. The van der Waals surface area contributed by atoms with Crippen molar-refractivity contribution in [1.82, 2.24) is 4.90 Å². The third-order valence-electron chi connectivity index (χ3n) is 3.23. The molecule has 1 saturated heterocycles. The van der Waals surface area contributed by atoms with Crippen molar-refractivity contribution in [2.75, 3.05) is 19.6 Å². The summed E-state index contributed by atoms with van der Waals surface area (Å²) >= 11 is 0. The molecule has 98 valence electrons. The van der Waals surface area contributed by atoms with Crippen LogP contribution in [0.15, 0.2) is 24.3 Å². The molecular weight excluding hydrogens is 228 g/mol. The van der Waals surface area contributed by atoms with Gasteiger partial charge in [-0.3, -0.25) is 4.79 Å². The van der Waals surface area contributed by atoms with E-state index in [0.717, 1.165) is 25.1 Å². The van der Waals surface area contributed by atoms with Crippen molar-refractivity contribution in [2.45, 2.75) is 25.9 Å². The van der Waals surface area contributed by atoms with Gasteiger partial charge in [0.15, 0.2) is 0 Å². The molecule has 2 rings (SSSR count). The lowest BCUT2D eigenvalue weighted by Crippen LogP contribution is -2.46. The van der Waals surface area contributed by atoms with Crippen molar-refractivity contribution in [3.63, 3.8) is 0 Å². The number of rotatable bonds is 3. The number of hydrogen-bond donors (Lipinski definition) is 1. The number of amides is 1. The molecule has 4 heteroatoms. The van der Waals surface area contributed by atoms with Crippen LogP contribution in [0.1, 0.15) is 18.4 Å². The molecule has 1 heterocycles. The smallest absolute Gasteiger partial charge is 0.236 e. The van der Waals surface area contributed by atoms with E-state index in [2.05, 4.69) is 0 Å². The third-order valence-corrected chi connectivity index (χ3v) is 3.23. The van der Waals surface area contributed by atoms with E-state index in [1.807, 2.05) is 31.2 Å². The average molecular weight is 248 g/mol. The Balaban J connectivity index is 1.93. The first-order valence-corrected chi connectivity index (χ1v) is 6.40. The van der Waals surface area contributed by atoms with Crippen LogP contribution in [0.2, 0.25) is 0 Å². The molecule has 4 nitrogen and oxygen atoms in total. The predicted octanol–water partition coefficient (Wildman–Crippen LogP) is 1.32. The highest BCUT2D eigenvalue weighted by atomic mass is 16.5. The van der Waals surface area contributed by atoms with E-state index in [0.29, 0.717) is 6.54 Å². The zero-order chi connectivity index (χ0) is 13.0. The van der Waals surface area contributed by atoms with Crippen LogP contribution in [0.4, 0.5) is 0 Å². The fourth-order valence-electron chi connectivity index (χ4n) is 2.20. The van der Waals surface area contributed by atoms with Gasteiger partial charge in [-0.1, -0.05) is 17.7 Å². The fourth-order valence-corrected chi connectivity index (χ4v) is 2.20. The summed E-state index contributed by atoms with van der Waals surface area (Å²) < 4.78 is 5.90. The number of piperidine rings is 1. The number of nitrogens with zero attached hydrogens (tertiary/aromatic N) is 1. The van der Waals surface area contributed by atoms with E-state index in [9.17, 15) is 4.79 Å². The minimum absolute atomic E-state index is 0.00667. The van der Waals surface area contributed by atoms with E-state index in [1.54, 1.807) is 4.90 Å². The lowest BCUT2D eigenvalue weighted by molar-refractivity contribution is -0.132. The Morgan fingerprint density at radius 1 is 1.44 bits per heavy atom. The maximum atomic E-state index is 11.6. The van der Waals surface area contributed by atoms with Crippen molar-refractivity contribution < 1.29 is 9.53 Å². The molecule has 1 atom stereocenters. The molecule has 2 N–H and O–H groups in total. The second kappa shape index (κ2) is 5.87. The SMILES string of the molecule is Cc1ccc(OC2CCCN(C(=O)CN)C2)cc1. The summed E-state index contributed by atoms with van der Waals surface area (Å²) in [6.07, 6.45) is 2.04. The molecule has 1 fully saturated rings. The fraction of sp³-hybridized carbons (Fsp3) is 0.500. The van der Waals surface area contributed by atoms with Crippen molar-refractivity contribution in [2.24, 2.45) is 5.73 Å². The normalized spacial score (nSPS) is 19.7. The van der Waals surface area contributed by atoms with E-state index in [-0.39, 0.29) is 18.6 Å². The van der Waals surface area contributed by atoms with E-state index in [1.165, 1.54) is 5.56 Å². The zero-order valence-electron chi connectivity index (χ0n) is 10.8. The van der Waals surface area contributed by atoms with Gasteiger partial charge < -0.3 is 15.4 Å². The first-order valence-electron chi connectivity index (χ1n) is 6.40. The summed E-state index contributed by atoms with van der Waals surface area (Å²) in [6, 6.07) is 8.00. The Hall–Kier alpha value is -1.55. The second-order valence-electron chi connectivity index (χ2n) is 4.74. The maximum absolute atomic E-state index is 11.6. The molecule has 1 unspecified atom stereocenters. The van der Waals surface area contributed by atoms with Crippen LogP contribution in [-0.4, -0.2) is 36.5 Å². The Kier molecular flexibility index (Phi) is 4.20. The highest BCUT2D eigenvalue weighted by Gasteiger charge is 2.23. The minimum atomic E-state index is 0.00667. The van der Waals surface area contributed by atoms with Gasteiger partial charge in [0.25, 0.3) is 0 Å². The lowest BCUT2D eigenvalue weighted by atomic mass is 10.1. The summed E-state index contributed by atoms with van der Waals surface area (Å²) in [4.78, 5) is 13.3. The van der Waals surface area contributed by atoms with Gasteiger partial charge in [0.05, 0.1) is 13.1 Å². The quantitative estimate of drug-likeness (QED) is 0.877. The Bertz CT molecular complexity index is 403. The Labute approximate surface area is 108 Å². The first kappa shape index (κ1) is 12.9. The summed E-state index contributed by atoms with van der Waals surface area (Å²) in [6.45, 7) is 3.57. The summed E-state index contributed by atoms with van der Waals surface area (Å²) in [7, 11) is 0. The van der Waals surface area contributed by atoms with Gasteiger partial charge in [-0.25, -0.2) is 0 Å². The lowest BCUT2D eigenvalue weighted by Gasteiger charge is -2.32. The monoisotopic (exact) mass is 248 g/mol. The van der Waals surface area contributed by atoms with Crippen LogP contribution in [-0.2, 0) is 4.79 Å². The average Bonchev–Trinajstić information content (AvgIpc) is 2.41. The molecule has 1 aromatic rings. The van der Waals surface area contributed by atoms with Crippen molar-refractivity contribution in [3.05, 3.63) is 29.8 Å². The molecule has 1 aromatic carbocycles. The molecule has 1 amide bonds. The van der Waals surface area contributed by atoms with Gasteiger partial charge in [-0.15, -0.1) is 0 Å². The Morgan fingerprint density at radius 2 is 2.17 bits per heavy atom. The maximum Gasteiger partial charge on any atom is 0.236 e. The Morgan fingerprint density at radius 3 is 2.83 bits per heavy atom. The largest absolute Gasteiger partial charge is 0.489 e. The summed E-state index contributed by atoms with van der Waals surface area (Å²) in [5, 5.41) is 0. The number of carbonyl (C=O) groups is 1. The zero-order valence-corrected chi connectivity index (χ0v) is 10.8. The molecule has 0 spiro atoms. The van der Waals surface area contributed by atoms with Crippen LogP contribution in [0.25, 0.3) is 0 Å². The van der Waals surface area contributed by atoms with Gasteiger partial charge in [0, 0.05) is 6.54 Å². The van der Waals surface area contributed by atoms with Crippen LogP contribution in [0.5, 0.6) is 5.75 Å². The van der Waals surface area contributed by atoms with E-state index >= 15 is 0 Å². The van der Waals surface area contributed by atoms with Gasteiger partial charge in [-0.05, 0) is 31.9 Å². The number of carbonyl (C=O) groups excluding carboxylic acids is 1. The summed E-state index contributed by atoms with van der Waals surface area (Å²) in [5.41, 5.74) is 6.60. The van der Waals surface area contributed by atoms with Gasteiger partial charge in [0.2, 0.25) is 5.91 Å². The van der Waals surface area contributed by atoms with Crippen molar-refractivity contribution in [3.8, 4) is 5.75 Å². The number of benzene rings is 1. The van der Waals surface area contributed by atoms with Gasteiger partial charge >= 0.3 is 0 Å². The molecule has 0 aromatic heterocycles. The number of ether oxygens (including phenoxy) is 1. The van der Waals surface area contributed by atoms with Crippen molar-refractivity contribution in [1.29, 1.82) is 0 Å². The molecule has 1 aliphatic rings. The number of nitrogens with two attached hydrogens (primary N) is 1. The molecule has 0 bridgehead atoms. The predicted molar refractivity (Wildman–Crippen MR) is 70.5 cm³/mol. The highest BCUT2D eigenvalue weighted by molar-refractivity contribution is 5.78. The number of aryl methyl sites for hydroxylation is 1. The second-order valence-corrected chi connectivity index (χ2v) is 4.74. The highest BCUT2D eigenvalue weighted by Crippen LogP contribution is 2.18. The van der Waals surface area contributed by atoms with Gasteiger partial charge in [-0.2, -0.15) is 0 Å². The van der Waals surface area contributed by atoms with Crippen LogP contribution in [0, 0.1) is 6.92 Å². The van der Waals surface area contributed by atoms with Crippen molar-refractivity contribution >= 4 is 5.91 Å². The molecule has 1 aliphatic heterocycles. The van der Waals surface area contributed by atoms with Crippen LogP contribution >= 0.6 is 0 Å². The molecular formula is C14H20N2O2. The van der Waals surface area contributed by atoms with E-state index < -0.39 is 0 Å².